The monoisotopic (exact) mass is 276 g/mol. The van der Waals surface area contributed by atoms with Gasteiger partial charge in [0.05, 0.1) is 6.61 Å². The summed E-state index contributed by atoms with van der Waals surface area (Å²) in [6.45, 7) is 6.15. The van der Waals surface area contributed by atoms with E-state index in [4.69, 9.17) is 4.74 Å². The first kappa shape index (κ1) is 14.7. The average molecular weight is 276 g/mol. The maximum Gasteiger partial charge on any atom is 0.317 e. The highest BCUT2D eigenvalue weighted by Gasteiger charge is 2.22. The smallest absolute Gasteiger partial charge is 0.317 e. The Kier molecular flexibility index (Phi) is 5.27. The van der Waals surface area contributed by atoms with Gasteiger partial charge < -0.3 is 15.0 Å². The summed E-state index contributed by atoms with van der Waals surface area (Å²) in [5.74, 6) is 0.852. The van der Waals surface area contributed by atoms with E-state index in [1.54, 1.807) is 0 Å². The minimum absolute atomic E-state index is 0.0408. The molecule has 1 aliphatic heterocycles. The summed E-state index contributed by atoms with van der Waals surface area (Å²) < 4.78 is 5.46. The lowest BCUT2D eigenvalue weighted by Crippen LogP contribution is -2.47. The van der Waals surface area contributed by atoms with Gasteiger partial charge in [-0.05, 0) is 50.8 Å². The van der Waals surface area contributed by atoms with Gasteiger partial charge in [-0.15, -0.1) is 0 Å². The zero-order valence-electron chi connectivity index (χ0n) is 12.4. The molecule has 0 bridgehead atoms. The summed E-state index contributed by atoms with van der Waals surface area (Å²) in [6, 6.07) is 8.25. The average Bonchev–Trinajstić information content (AvgIpc) is 2.46. The minimum atomic E-state index is 0.0408. The molecule has 20 heavy (non-hydrogen) atoms. The fourth-order valence-corrected chi connectivity index (χ4v) is 2.59. The first-order valence-electron chi connectivity index (χ1n) is 7.47. The minimum Gasteiger partial charge on any atom is -0.494 e. The quantitative estimate of drug-likeness (QED) is 0.917. The number of nitrogens with one attached hydrogen (secondary N) is 1. The van der Waals surface area contributed by atoms with Crippen molar-refractivity contribution in [2.45, 2.75) is 45.7 Å². The number of benzene rings is 1. The topological polar surface area (TPSA) is 41.6 Å². The number of amides is 2. The van der Waals surface area contributed by atoms with Crippen LogP contribution in [0.25, 0.3) is 0 Å². The lowest BCUT2D eigenvalue weighted by atomic mass is 10.0. The molecule has 1 fully saturated rings. The van der Waals surface area contributed by atoms with E-state index in [0.29, 0.717) is 19.2 Å². The molecule has 1 aliphatic rings. The number of nitrogens with zero attached hydrogens (tertiary/aromatic N) is 1. The van der Waals surface area contributed by atoms with Crippen LogP contribution in [0.15, 0.2) is 24.3 Å². The van der Waals surface area contributed by atoms with Crippen LogP contribution in [-0.4, -0.2) is 30.1 Å². The Morgan fingerprint density at radius 2 is 2.30 bits per heavy atom. The van der Waals surface area contributed by atoms with E-state index in [2.05, 4.69) is 12.2 Å². The molecule has 1 aromatic rings. The molecule has 1 heterocycles. The van der Waals surface area contributed by atoms with Gasteiger partial charge in [0.2, 0.25) is 0 Å². The molecule has 1 unspecified atom stereocenters. The standard InChI is InChI=1S/C16H24N2O2/c1-3-20-15-9-6-8-14(11-15)12-17-16(19)18-10-5-4-7-13(18)2/h6,8-9,11,13H,3-5,7,10,12H2,1-2H3,(H,17,19). The van der Waals surface area contributed by atoms with Crippen LogP contribution in [0.1, 0.15) is 38.7 Å². The molecule has 1 aromatic carbocycles. The molecule has 2 rings (SSSR count). The van der Waals surface area contributed by atoms with E-state index in [1.165, 1.54) is 6.42 Å². The Hall–Kier alpha value is -1.71. The maximum atomic E-state index is 12.2. The van der Waals surface area contributed by atoms with Gasteiger partial charge in [0.15, 0.2) is 0 Å². The van der Waals surface area contributed by atoms with E-state index in [-0.39, 0.29) is 6.03 Å². The van der Waals surface area contributed by atoms with Crippen LogP contribution in [-0.2, 0) is 6.54 Å². The Morgan fingerprint density at radius 3 is 3.05 bits per heavy atom. The third kappa shape index (κ3) is 3.89. The number of carbonyl (C=O) groups excluding carboxylic acids is 1. The van der Waals surface area contributed by atoms with Gasteiger partial charge in [0.1, 0.15) is 5.75 Å². The summed E-state index contributed by atoms with van der Waals surface area (Å²) in [5.41, 5.74) is 1.06. The molecule has 4 nitrogen and oxygen atoms in total. The summed E-state index contributed by atoms with van der Waals surface area (Å²) >= 11 is 0. The van der Waals surface area contributed by atoms with E-state index in [0.717, 1.165) is 30.7 Å². The Labute approximate surface area is 121 Å². The van der Waals surface area contributed by atoms with Crippen molar-refractivity contribution in [3.8, 4) is 5.75 Å². The molecule has 0 spiro atoms. The number of urea groups is 1. The van der Waals surface area contributed by atoms with Gasteiger partial charge in [0, 0.05) is 19.1 Å². The normalized spacial score (nSPS) is 18.7. The maximum absolute atomic E-state index is 12.2. The van der Waals surface area contributed by atoms with Crippen molar-refractivity contribution in [1.82, 2.24) is 10.2 Å². The molecule has 1 N–H and O–H groups in total. The van der Waals surface area contributed by atoms with E-state index in [9.17, 15) is 4.79 Å². The first-order chi connectivity index (χ1) is 9.70. The molecule has 1 atom stereocenters. The molecule has 1 saturated heterocycles. The van der Waals surface area contributed by atoms with Gasteiger partial charge in [-0.1, -0.05) is 12.1 Å². The van der Waals surface area contributed by atoms with Gasteiger partial charge in [-0.3, -0.25) is 0 Å². The van der Waals surface area contributed by atoms with Crippen molar-refractivity contribution in [3.05, 3.63) is 29.8 Å². The fourth-order valence-electron chi connectivity index (χ4n) is 2.59. The van der Waals surface area contributed by atoms with Crippen molar-refractivity contribution in [3.63, 3.8) is 0 Å². The second-order valence-corrected chi connectivity index (χ2v) is 5.28. The highest BCUT2D eigenvalue weighted by molar-refractivity contribution is 5.74. The highest BCUT2D eigenvalue weighted by Crippen LogP contribution is 2.17. The Bertz CT molecular complexity index is 448. The van der Waals surface area contributed by atoms with Crippen LogP contribution in [0.4, 0.5) is 4.79 Å². The predicted octanol–water partition coefficient (Wildman–Crippen LogP) is 3.17. The van der Waals surface area contributed by atoms with Crippen LogP contribution in [0.5, 0.6) is 5.75 Å². The second kappa shape index (κ2) is 7.17. The summed E-state index contributed by atoms with van der Waals surface area (Å²) in [6.07, 6.45) is 3.44. The number of hydrogen-bond acceptors (Lipinski definition) is 2. The number of rotatable bonds is 4. The van der Waals surface area contributed by atoms with Gasteiger partial charge in [-0.2, -0.15) is 0 Å². The van der Waals surface area contributed by atoms with Crippen LogP contribution in [0, 0.1) is 0 Å². The zero-order chi connectivity index (χ0) is 14.4. The fraction of sp³-hybridized carbons (Fsp3) is 0.562. The molecule has 110 valence electrons. The molecular formula is C16H24N2O2. The molecule has 0 radical (unpaired) electrons. The summed E-state index contributed by atoms with van der Waals surface area (Å²) in [5, 5.41) is 3.00. The molecule has 2 amide bonds. The number of likely N-dealkylation sites (tertiary alicyclic amines) is 1. The van der Waals surface area contributed by atoms with Crippen molar-refractivity contribution in [2.75, 3.05) is 13.2 Å². The van der Waals surface area contributed by atoms with Crippen LogP contribution in [0.2, 0.25) is 0 Å². The highest BCUT2D eigenvalue weighted by atomic mass is 16.5. The van der Waals surface area contributed by atoms with E-state index >= 15 is 0 Å². The van der Waals surface area contributed by atoms with Crippen LogP contribution in [0.3, 0.4) is 0 Å². The summed E-state index contributed by atoms with van der Waals surface area (Å²) in [7, 11) is 0. The molecular weight excluding hydrogens is 252 g/mol. The molecule has 0 aromatic heterocycles. The summed E-state index contributed by atoms with van der Waals surface area (Å²) in [4.78, 5) is 14.1. The largest absolute Gasteiger partial charge is 0.494 e. The van der Waals surface area contributed by atoms with Gasteiger partial charge in [-0.25, -0.2) is 4.79 Å². The second-order valence-electron chi connectivity index (χ2n) is 5.28. The molecule has 0 aliphatic carbocycles. The third-order valence-corrected chi connectivity index (χ3v) is 3.72. The van der Waals surface area contributed by atoms with Gasteiger partial charge >= 0.3 is 6.03 Å². The van der Waals surface area contributed by atoms with Crippen molar-refractivity contribution in [2.24, 2.45) is 0 Å². The van der Waals surface area contributed by atoms with Crippen molar-refractivity contribution in [1.29, 1.82) is 0 Å². The Morgan fingerprint density at radius 1 is 1.45 bits per heavy atom. The number of piperidine rings is 1. The predicted molar refractivity (Wildman–Crippen MR) is 79.9 cm³/mol. The van der Waals surface area contributed by atoms with Crippen LogP contribution < -0.4 is 10.1 Å². The number of hydrogen-bond donors (Lipinski definition) is 1. The number of ether oxygens (including phenoxy) is 1. The van der Waals surface area contributed by atoms with Crippen LogP contribution >= 0.6 is 0 Å². The van der Waals surface area contributed by atoms with E-state index in [1.807, 2.05) is 36.1 Å². The van der Waals surface area contributed by atoms with Crippen molar-refractivity contribution >= 4 is 6.03 Å². The third-order valence-electron chi connectivity index (χ3n) is 3.72. The lowest BCUT2D eigenvalue weighted by molar-refractivity contribution is 0.158. The zero-order valence-corrected chi connectivity index (χ0v) is 12.4. The van der Waals surface area contributed by atoms with Gasteiger partial charge in [0.25, 0.3) is 0 Å². The molecule has 4 heteroatoms. The Balaban J connectivity index is 1.87. The molecule has 0 saturated carbocycles. The number of carbonyl (C=O) groups is 1. The SMILES string of the molecule is CCOc1cccc(CNC(=O)N2CCCCC2C)c1. The van der Waals surface area contributed by atoms with Crippen molar-refractivity contribution < 1.29 is 9.53 Å². The first-order valence-corrected chi connectivity index (χ1v) is 7.47. The lowest BCUT2D eigenvalue weighted by Gasteiger charge is -2.33. The van der Waals surface area contributed by atoms with E-state index < -0.39 is 0 Å².